The Bertz CT molecular complexity index is 1330. The lowest BCUT2D eigenvalue weighted by Crippen LogP contribution is -2.45. The highest BCUT2D eigenvalue weighted by Gasteiger charge is 2.36. The number of amides is 1. The van der Waals surface area contributed by atoms with Gasteiger partial charge in [-0.2, -0.15) is 0 Å². The third-order valence-corrected chi connectivity index (χ3v) is 7.39. The molecule has 0 saturated carbocycles. The van der Waals surface area contributed by atoms with Crippen LogP contribution in [0.15, 0.2) is 65.7 Å². The molecule has 1 aliphatic heterocycles. The summed E-state index contributed by atoms with van der Waals surface area (Å²) in [5.41, 5.74) is 0.982. The molecule has 35 heavy (non-hydrogen) atoms. The molecule has 2 N–H and O–H groups in total. The third kappa shape index (κ3) is 5.05. The molecule has 0 aliphatic carbocycles. The lowest BCUT2D eigenvalue weighted by atomic mass is 10.0. The molecular formula is C24H24FN3O6S. The van der Waals surface area contributed by atoms with E-state index in [2.05, 4.69) is 10.3 Å². The number of fused-ring (bicyclic) bond motifs is 1. The standard InChI is InChI=1S/C24H24FN3O6S/c1-15(16-6-8-17(25)9-7-16)23(30)27-18-10-22-24(26-12-18)34-20(14-29)13-28(22)35(31,32)21-5-3-4-19(11-21)33-2/h3-12,15,20,29H,13-14H2,1-2H3,(H,27,30). The molecular weight excluding hydrogens is 477 g/mol. The van der Waals surface area contributed by atoms with Gasteiger partial charge in [0.1, 0.15) is 23.4 Å². The van der Waals surface area contributed by atoms with Gasteiger partial charge in [-0.3, -0.25) is 9.10 Å². The van der Waals surface area contributed by atoms with Crippen molar-refractivity contribution in [2.45, 2.75) is 23.8 Å². The van der Waals surface area contributed by atoms with Crippen LogP contribution in [0.4, 0.5) is 15.8 Å². The molecule has 2 atom stereocenters. The van der Waals surface area contributed by atoms with E-state index in [1.54, 1.807) is 19.1 Å². The number of carbonyl (C=O) groups excluding carboxylic acids is 1. The predicted octanol–water partition coefficient (Wildman–Crippen LogP) is 2.92. The van der Waals surface area contributed by atoms with E-state index in [0.29, 0.717) is 11.3 Å². The van der Waals surface area contributed by atoms with Crippen molar-refractivity contribution >= 4 is 27.3 Å². The van der Waals surface area contributed by atoms with Gasteiger partial charge < -0.3 is 19.9 Å². The topological polar surface area (TPSA) is 118 Å². The number of nitrogens with zero attached hydrogens (tertiary/aromatic N) is 2. The lowest BCUT2D eigenvalue weighted by Gasteiger charge is -2.34. The Labute approximate surface area is 202 Å². The Kier molecular flexibility index (Phi) is 6.90. The molecule has 11 heteroatoms. The molecule has 0 radical (unpaired) electrons. The minimum absolute atomic E-state index is 0.00588. The summed E-state index contributed by atoms with van der Waals surface area (Å²) in [6.45, 7) is 1.09. The van der Waals surface area contributed by atoms with Crippen LogP contribution in [0, 0.1) is 5.82 Å². The van der Waals surface area contributed by atoms with Gasteiger partial charge in [-0.25, -0.2) is 17.8 Å². The fraction of sp³-hybridized carbons (Fsp3) is 0.250. The lowest BCUT2D eigenvalue weighted by molar-refractivity contribution is -0.117. The number of nitrogens with one attached hydrogen (secondary N) is 1. The molecule has 9 nitrogen and oxygen atoms in total. The number of hydrogen-bond acceptors (Lipinski definition) is 7. The molecule has 1 amide bonds. The van der Waals surface area contributed by atoms with Crippen molar-refractivity contribution in [2.24, 2.45) is 0 Å². The molecule has 3 aromatic rings. The zero-order valence-electron chi connectivity index (χ0n) is 19.0. The number of rotatable bonds is 7. The van der Waals surface area contributed by atoms with E-state index in [9.17, 15) is 22.7 Å². The number of carbonyl (C=O) groups is 1. The largest absolute Gasteiger partial charge is 0.497 e. The molecule has 184 valence electrons. The maximum Gasteiger partial charge on any atom is 0.264 e. The highest BCUT2D eigenvalue weighted by atomic mass is 32.2. The van der Waals surface area contributed by atoms with Gasteiger partial charge in [0, 0.05) is 6.07 Å². The summed E-state index contributed by atoms with van der Waals surface area (Å²) in [7, 11) is -2.65. The molecule has 2 unspecified atom stereocenters. The van der Waals surface area contributed by atoms with Crippen molar-refractivity contribution in [1.29, 1.82) is 0 Å². The Morgan fingerprint density at radius 3 is 2.71 bits per heavy atom. The molecule has 0 bridgehead atoms. The van der Waals surface area contributed by atoms with Crippen LogP contribution in [0.1, 0.15) is 18.4 Å². The van der Waals surface area contributed by atoms with Gasteiger partial charge >= 0.3 is 0 Å². The van der Waals surface area contributed by atoms with Crippen LogP contribution < -0.4 is 19.1 Å². The van der Waals surface area contributed by atoms with E-state index in [-0.39, 0.29) is 34.6 Å². The van der Waals surface area contributed by atoms with E-state index in [4.69, 9.17) is 9.47 Å². The average molecular weight is 502 g/mol. The van der Waals surface area contributed by atoms with E-state index in [1.165, 1.54) is 55.8 Å². The van der Waals surface area contributed by atoms with Gasteiger partial charge in [0.2, 0.25) is 11.8 Å². The fourth-order valence-electron chi connectivity index (χ4n) is 3.62. The minimum Gasteiger partial charge on any atom is -0.497 e. The van der Waals surface area contributed by atoms with E-state index in [1.807, 2.05) is 0 Å². The summed E-state index contributed by atoms with van der Waals surface area (Å²) in [6, 6.07) is 13.1. The third-order valence-electron chi connectivity index (χ3n) is 5.61. The van der Waals surface area contributed by atoms with E-state index >= 15 is 0 Å². The first kappa shape index (κ1) is 24.4. The van der Waals surface area contributed by atoms with Crippen LogP contribution in [0.3, 0.4) is 0 Å². The van der Waals surface area contributed by atoms with E-state index < -0.39 is 34.5 Å². The maximum atomic E-state index is 13.5. The number of methoxy groups -OCH3 is 1. The highest BCUT2D eigenvalue weighted by Crippen LogP contribution is 2.37. The summed E-state index contributed by atoms with van der Waals surface area (Å²) in [4.78, 5) is 17.0. The van der Waals surface area contributed by atoms with Crippen molar-refractivity contribution in [2.75, 3.05) is 29.9 Å². The van der Waals surface area contributed by atoms with Gasteiger partial charge in [-0.1, -0.05) is 18.2 Å². The SMILES string of the molecule is COc1cccc(S(=O)(=O)N2CC(CO)Oc3ncc(NC(=O)C(C)c4ccc(F)cc4)cc32)c1. The van der Waals surface area contributed by atoms with Gasteiger partial charge in [-0.15, -0.1) is 0 Å². The minimum atomic E-state index is -4.09. The summed E-state index contributed by atoms with van der Waals surface area (Å²) < 4.78 is 52.1. The summed E-state index contributed by atoms with van der Waals surface area (Å²) in [5, 5.41) is 12.4. The summed E-state index contributed by atoms with van der Waals surface area (Å²) in [6.07, 6.45) is 0.513. The van der Waals surface area contributed by atoms with Crippen molar-refractivity contribution in [1.82, 2.24) is 4.98 Å². The van der Waals surface area contributed by atoms with Gasteiger partial charge in [0.25, 0.3) is 10.0 Å². The Morgan fingerprint density at radius 1 is 1.29 bits per heavy atom. The predicted molar refractivity (Wildman–Crippen MR) is 127 cm³/mol. The van der Waals surface area contributed by atoms with Crippen molar-refractivity contribution in [3.63, 3.8) is 0 Å². The highest BCUT2D eigenvalue weighted by molar-refractivity contribution is 7.92. The normalized spacial score (nSPS) is 16.1. The van der Waals surface area contributed by atoms with Crippen molar-refractivity contribution in [3.05, 3.63) is 72.2 Å². The van der Waals surface area contributed by atoms with Gasteiger partial charge in [0.15, 0.2) is 0 Å². The zero-order valence-corrected chi connectivity index (χ0v) is 19.8. The molecule has 1 aromatic heterocycles. The Hall–Kier alpha value is -3.70. The quantitative estimate of drug-likeness (QED) is 0.511. The number of aliphatic hydroxyl groups is 1. The molecule has 2 heterocycles. The zero-order chi connectivity index (χ0) is 25.2. The smallest absolute Gasteiger partial charge is 0.264 e. The molecule has 0 spiro atoms. The number of hydrogen-bond donors (Lipinski definition) is 2. The van der Waals surface area contributed by atoms with Crippen LogP contribution in [0.25, 0.3) is 0 Å². The Balaban J connectivity index is 1.66. The number of ether oxygens (including phenoxy) is 2. The van der Waals surface area contributed by atoms with Crippen LogP contribution in [0.5, 0.6) is 11.6 Å². The van der Waals surface area contributed by atoms with Crippen LogP contribution >= 0.6 is 0 Å². The molecule has 2 aromatic carbocycles. The maximum absolute atomic E-state index is 13.5. The van der Waals surface area contributed by atoms with Crippen molar-refractivity contribution in [3.8, 4) is 11.6 Å². The molecule has 0 saturated heterocycles. The second-order valence-electron chi connectivity index (χ2n) is 7.95. The molecule has 0 fully saturated rings. The first-order valence-electron chi connectivity index (χ1n) is 10.7. The number of aromatic nitrogens is 1. The van der Waals surface area contributed by atoms with Crippen molar-refractivity contribution < 1.29 is 32.2 Å². The average Bonchev–Trinajstić information content (AvgIpc) is 2.88. The Morgan fingerprint density at radius 2 is 2.03 bits per heavy atom. The monoisotopic (exact) mass is 501 g/mol. The number of sulfonamides is 1. The molecule has 4 rings (SSSR count). The second kappa shape index (κ2) is 9.88. The first-order chi connectivity index (χ1) is 16.7. The van der Waals surface area contributed by atoms with Gasteiger partial charge in [-0.05, 0) is 42.8 Å². The van der Waals surface area contributed by atoms with Crippen LogP contribution in [-0.4, -0.2) is 50.8 Å². The van der Waals surface area contributed by atoms with Gasteiger partial charge in [0.05, 0.1) is 43.0 Å². The first-order valence-corrected chi connectivity index (χ1v) is 12.2. The van der Waals surface area contributed by atoms with Crippen LogP contribution in [0.2, 0.25) is 0 Å². The number of anilines is 2. The number of pyridine rings is 1. The second-order valence-corrected chi connectivity index (χ2v) is 9.81. The van der Waals surface area contributed by atoms with E-state index in [0.717, 1.165) is 4.31 Å². The fourth-order valence-corrected chi connectivity index (χ4v) is 5.14. The van der Waals surface area contributed by atoms with Crippen LogP contribution in [-0.2, 0) is 14.8 Å². The molecule has 1 aliphatic rings. The number of halogens is 1. The summed E-state index contributed by atoms with van der Waals surface area (Å²) >= 11 is 0. The number of aliphatic hydroxyl groups excluding tert-OH is 1. The number of benzene rings is 2. The summed E-state index contributed by atoms with van der Waals surface area (Å²) in [5.74, 6) is -1.01.